The van der Waals surface area contributed by atoms with Crippen molar-refractivity contribution in [2.45, 2.75) is 25.3 Å². The number of hydrogen-bond donors (Lipinski definition) is 1. The third-order valence-corrected chi connectivity index (χ3v) is 4.57. The minimum Gasteiger partial charge on any atom is -0.481 e. The molecular formula is C18H21ClN4O2. The van der Waals surface area contributed by atoms with Gasteiger partial charge < -0.3 is 15.0 Å². The molecule has 0 aliphatic carbocycles. The molecule has 0 saturated carbocycles. The van der Waals surface area contributed by atoms with Crippen LogP contribution in [0.3, 0.4) is 0 Å². The molecule has 1 aliphatic rings. The fourth-order valence-electron chi connectivity index (χ4n) is 2.90. The molecule has 2 aromatic rings. The number of rotatable bonds is 5. The van der Waals surface area contributed by atoms with Crippen LogP contribution in [0.1, 0.15) is 18.4 Å². The molecule has 2 heterocycles. The largest absolute Gasteiger partial charge is 0.481 e. The van der Waals surface area contributed by atoms with Gasteiger partial charge in [0.25, 0.3) is 0 Å². The van der Waals surface area contributed by atoms with Gasteiger partial charge in [-0.1, -0.05) is 23.7 Å². The van der Waals surface area contributed by atoms with Crippen LogP contribution in [0, 0.1) is 0 Å². The monoisotopic (exact) mass is 360 g/mol. The van der Waals surface area contributed by atoms with Crippen LogP contribution in [-0.4, -0.2) is 47.0 Å². The van der Waals surface area contributed by atoms with E-state index < -0.39 is 0 Å². The quantitative estimate of drug-likeness (QED) is 0.888. The smallest absolute Gasteiger partial charge is 0.226 e. The summed E-state index contributed by atoms with van der Waals surface area (Å²) in [5, 5.41) is 4.07. The van der Waals surface area contributed by atoms with Crippen molar-refractivity contribution in [1.82, 2.24) is 14.9 Å². The maximum Gasteiger partial charge on any atom is 0.226 e. The lowest BCUT2D eigenvalue weighted by molar-refractivity contribution is -0.131. The molecule has 6 nitrogen and oxygen atoms in total. The van der Waals surface area contributed by atoms with Gasteiger partial charge in [-0.2, -0.15) is 0 Å². The van der Waals surface area contributed by atoms with Gasteiger partial charge in [0, 0.05) is 30.2 Å². The highest BCUT2D eigenvalue weighted by Gasteiger charge is 2.23. The number of hydrogen-bond acceptors (Lipinski definition) is 5. The van der Waals surface area contributed by atoms with E-state index in [0.29, 0.717) is 23.4 Å². The average molecular weight is 361 g/mol. The maximum absolute atomic E-state index is 12.4. The van der Waals surface area contributed by atoms with Gasteiger partial charge in [0.2, 0.25) is 11.8 Å². The molecule has 7 heteroatoms. The van der Waals surface area contributed by atoms with Gasteiger partial charge in [-0.25, -0.2) is 9.97 Å². The van der Waals surface area contributed by atoms with Crippen LogP contribution in [-0.2, 0) is 11.2 Å². The molecule has 1 fully saturated rings. The van der Waals surface area contributed by atoms with E-state index in [1.165, 1.54) is 6.33 Å². The van der Waals surface area contributed by atoms with Crippen molar-refractivity contribution in [3.05, 3.63) is 47.2 Å². The Kier molecular flexibility index (Phi) is 5.71. The molecule has 1 aliphatic heterocycles. The molecule has 0 unspecified atom stereocenters. The number of piperidine rings is 1. The van der Waals surface area contributed by atoms with Crippen LogP contribution in [0.2, 0.25) is 5.02 Å². The van der Waals surface area contributed by atoms with Crippen molar-refractivity contribution in [2.24, 2.45) is 0 Å². The van der Waals surface area contributed by atoms with E-state index in [4.69, 9.17) is 16.3 Å². The zero-order valence-electron chi connectivity index (χ0n) is 14.1. The van der Waals surface area contributed by atoms with E-state index >= 15 is 0 Å². The number of nitrogens with one attached hydrogen (secondary N) is 1. The maximum atomic E-state index is 12.4. The van der Waals surface area contributed by atoms with Crippen molar-refractivity contribution >= 4 is 23.3 Å². The molecule has 1 saturated heterocycles. The summed E-state index contributed by atoms with van der Waals surface area (Å²) in [5.41, 5.74) is 0.989. The van der Waals surface area contributed by atoms with E-state index in [1.54, 1.807) is 13.2 Å². The standard InChI is InChI=1S/C18H21ClN4O2/c1-25-17-11-16(20-12-21-17)22-15-6-8-23(9-7-15)18(24)10-13-2-4-14(19)5-3-13/h2-5,11-12,15H,6-10H2,1H3,(H,20,21,22). The third kappa shape index (κ3) is 4.82. The molecule has 0 spiro atoms. The highest BCUT2D eigenvalue weighted by molar-refractivity contribution is 6.30. The number of nitrogens with zero attached hydrogens (tertiary/aromatic N) is 3. The predicted octanol–water partition coefficient (Wildman–Crippen LogP) is 2.78. The summed E-state index contributed by atoms with van der Waals surface area (Å²) in [6, 6.07) is 9.50. The highest BCUT2D eigenvalue weighted by Crippen LogP contribution is 2.18. The Morgan fingerprint density at radius 2 is 2.00 bits per heavy atom. The molecule has 1 aromatic carbocycles. The van der Waals surface area contributed by atoms with Gasteiger partial charge in [-0.3, -0.25) is 4.79 Å². The minimum absolute atomic E-state index is 0.157. The van der Waals surface area contributed by atoms with Gasteiger partial charge in [0.05, 0.1) is 13.5 Å². The molecule has 1 amide bonds. The number of benzene rings is 1. The zero-order valence-corrected chi connectivity index (χ0v) is 14.9. The van der Waals surface area contributed by atoms with Gasteiger partial charge in [-0.15, -0.1) is 0 Å². The normalized spacial score (nSPS) is 15.0. The van der Waals surface area contributed by atoms with Crippen molar-refractivity contribution < 1.29 is 9.53 Å². The summed E-state index contributed by atoms with van der Waals surface area (Å²) in [4.78, 5) is 22.6. The molecule has 25 heavy (non-hydrogen) atoms. The molecule has 0 atom stereocenters. The molecule has 0 radical (unpaired) electrons. The topological polar surface area (TPSA) is 67.3 Å². The molecule has 1 aromatic heterocycles. The number of likely N-dealkylation sites (tertiary alicyclic amines) is 1. The SMILES string of the molecule is COc1cc(NC2CCN(C(=O)Cc3ccc(Cl)cc3)CC2)ncn1. The second kappa shape index (κ2) is 8.16. The van der Waals surface area contributed by atoms with Gasteiger partial charge >= 0.3 is 0 Å². The van der Waals surface area contributed by atoms with Crippen molar-refractivity contribution in [1.29, 1.82) is 0 Å². The van der Waals surface area contributed by atoms with Crippen molar-refractivity contribution in [2.75, 3.05) is 25.5 Å². The molecule has 0 bridgehead atoms. The Hall–Kier alpha value is -2.34. The number of carbonyl (C=O) groups is 1. The molecule has 132 valence electrons. The van der Waals surface area contributed by atoms with E-state index in [-0.39, 0.29) is 5.91 Å². The molecular weight excluding hydrogens is 340 g/mol. The van der Waals surface area contributed by atoms with Gasteiger partial charge in [0.1, 0.15) is 12.1 Å². The third-order valence-electron chi connectivity index (χ3n) is 4.32. The first kappa shape index (κ1) is 17.5. The second-order valence-electron chi connectivity index (χ2n) is 6.05. The van der Waals surface area contributed by atoms with E-state index in [1.807, 2.05) is 29.2 Å². The van der Waals surface area contributed by atoms with E-state index in [0.717, 1.165) is 37.3 Å². The average Bonchev–Trinajstić information content (AvgIpc) is 2.64. The Labute approximate surface area is 152 Å². The first-order valence-electron chi connectivity index (χ1n) is 8.29. The number of amides is 1. The fourth-order valence-corrected chi connectivity index (χ4v) is 3.03. The first-order chi connectivity index (χ1) is 12.1. The molecule has 3 rings (SSSR count). The zero-order chi connectivity index (χ0) is 17.6. The summed E-state index contributed by atoms with van der Waals surface area (Å²) >= 11 is 5.88. The van der Waals surface area contributed by atoms with Crippen LogP contribution in [0.25, 0.3) is 0 Å². The summed E-state index contributed by atoms with van der Waals surface area (Å²) in [6.07, 6.45) is 3.67. The van der Waals surface area contributed by atoms with E-state index in [2.05, 4.69) is 15.3 Å². The summed E-state index contributed by atoms with van der Waals surface area (Å²) in [6.45, 7) is 1.48. The Balaban J connectivity index is 1.49. The highest BCUT2D eigenvalue weighted by atomic mass is 35.5. The Morgan fingerprint density at radius 1 is 1.28 bits per heavy atom. The predicted molar refractivity (Wildman–Crippen MR) is 97.0 cm³/mol. The lowest BCUT2D eigenvalue weighted by atomic mass is 10.0. The van der Waals surface area contributed by atoms with Crippen LogP contribution in [0.5, 0.6) is 5.88 Å². The van der Waals surface area contributed by atoms with Crippen LogP contribution in [0.4, 0.5) is 5.82 Å². The number of carbonyl (C=O) groups excluding carboxylic acids is 1. The lowest BCUT2D eigenvalue weighted by Crippen LogP contribution is -2.43. The summed E-state index contributed by atoms with van der Waals surface area (Å²) < 4.78 is 5.10. The van der Waals surface area contributed by atoms with Crippen LogP contribution >= 0.6 is 11.6 Å². The van der Waals surface area contributed by atoms with Gasteiger partial charge in [0.15, 0.2) is 0 Å². The minimum atomic E-state index is 0.157. The molecule has 1 N–H and O–H groups in total. The Bertz CT molecular complexity index is 715. The number of anilines is 1. The lowest BCUT2D eigenvalue weighted by Gasteiger charge is -2.32. The number of aromatic nitrogens is 2. The summed E-state index contributed by atoms with van der Waals surface area (Å²) in [7, 11) is 1.58. The van der Waals surface area contributed by atoms with E-state index in [9.17, 15) is 4.79 Å². The second-order valence-corrected chi connectivity index (χ2v) is 6.48. The van der Waals surface area contributed by atoms with Crippen LogP contribution in [0.15, 0.2) is 36.7 Å². The van der Waals surface area contributed by atoms with Gasteiger partial charge in [-0.05, 0) is 30.5 Å². The van der Waals surface area contributed by atoms with Crippen molar-refractivity contribution in [3.8, 4) is 5.88 Å². The number of halogens is 1. The Morgan fingerprint density at radius 3 is 2.68 bits per heavy atom. The van der Waals surface area contributed by atoms with Crippen LogP contribution < -0.4 is 10.1 Å². The summed E-state index contributed by atoms with van der Waals surface area (Å²) in [5.74, 6) is 1.44. The number of ether oxygens (including phenoxy) is 1. The number of methoxy groups -OCH3 is 1. The fraction of sp³-hybridized carbons (Fsp3) is 0.389. The van der Waals surface area contributed by atoms with Crippen molar-refractivity contribution in [3.63, 3.8) is 0 Å². The first-order valence-corrected chi connectivity index (χ1v) is 8.66.